The molecule has 1 heterocycles. The van der Waals surface area contributed by atoms with Crippen molar-refractivity contribution in [2.45, 2.75) is 49.6 Å². The Balaban J connectivity index is 1.91. The molecule has 0 unspecified atom stereocenters. The molecule has 0 bridgehead atoms. The zero-order chi connectivity index (χ0) is 29.3. The summed E-state index contributed by atoms with van der Waals surface area (Å²) in [6.07, 6.45) is -1.01. The molecule has 3 N–H and O–H groups in total. The fraction of sp³-hybridized carbons (Fsp3) is 0.462. The van der Waals surface area contributed by atoms with Crippen LogP contribution in [-0.4, -0.2) is 57.0 Å². The highest BCUT2D eigenvalue weighted by Gasteiger charge is 2.34. The fourth-order valence-electron chi connectivity index (χ4n) is 4.39. The Morgan fingerprint density at radius 2 is 1.88 bits per heavy atom. The third kappa shape index (κ3) is 8.65. The molecular formula is C26H32ClF3N4O5S. The minimum atomic E-state index is -4.76. The molecule has 14 heteroatoms. The van der Waals surface area contributed by atoms with Gasteiger partial charge in [-0.3, -0.25) is 9.10 Å². The molecule has 1 fully saturated rings. The number of carboxylic acids is 1. The van der Waals surface area contributed by atoms with Crippen LogP contribution in [0.1, 0.15) is 44.1 Å². The summed E-state index contributed by atoms with van der Waals surface area (Å²) in [5.74, 6) is 4.17. The average Bonchev–Trinajstić information content (AvgIpc) is 2.89. The van der Waals surface area contributed by atoms with Crippen molar-refractivity contribution in [3.05, 3.63) is 53.1 Å². The van der Waals surface area contributed by atoms with Crippen molar-refractivity contribution in [2.75, 3.05) is 30.5 Å². The summed E-state index contributed by atoms with van der Waals surface area (Å²) >= 11 is 6.17. The van der Waals surface area contributed by atoms with Gasteiger partial charge in [0.1, 0.15) is 17.0 Å². The van der Waals surface area contributed by atoms with Crippen molar-refractivity contribution in [2.24, 2.45) is 16.9 Å². The number of piperidine rings is 1. The van der Waals surface area contributed by atoms with Gasteiger partial charge in [-0.1, -0.05) is 30.2 Å². The molecule has 2 aromatic rings. The van der Waals surface area contributed by atoms with E-state index in [-0.39, 0.29) is 53.3 Å². The number of carboxylic acid groups (broad SMARTS) is 1. The second kappa shape index (κ2) is 13.9. The topological polar surface area (TPSA) is 126 Å². The Morgan fingerprint density at radius 3 is 2.50 bits per heavy atom. The van der Waals surface area contributed by atoms with Crippen LogP contribution in [0, 0.1) is 5.92 Å². The summed E-state index contributed by atoms with van der Waals surface area (Å²) in [4.78, 5) is 12.5. The van der Waals surface area contributed by atoms with Gasteiger partial charge in [-0.15, -0.1) is 0 Å². The number of sulfonamides is 1. The summed E-state index contributed by atoms with van der Waals surface area (Å²) in [5.41, 5.74) is -1.28. The first-order valence-corrected chi connectivity index (χ1v) is 14.5. The first kappa shape index (κ1) is 31.3. The molecule has 3 rings (SSSR count). The van der Waals surface area contributed by atoms with Gasteiger partial charge in [-0.05, 0) is 55.9 Å². The van der Waals surface area contributed by atoms with Crippen LogP contribution in [0.4, 0.5) is 18.9 Å². The van der Waals surface area contributed by atoms with Crippen molar-refractivity contribution in [1.29, 1.82) is 0 Å². The maximum Gasteiger partial charge on any atom is 0.416 e. The molecule has 1 aliphatic heterocycles. The van der Waals surface area contributed by atoms with Crippen molar-refractivity contribution in [3.8, 4) is 5.75 Å². The molecule has 0 saturated carbocycles. The zero-order valence-electron chi connectivity index (χ0n) is 21.7. The number of benzene rings is 2. The lowest BCUT2D eigenvalue weighted by molar-refractivity contribution is -0.138. The van der Waals surface area contributed by atoms with E-state index in [4.69, 9.17) is 27.3 Å². The van der Waals surface area contributed by atoms with E-state index in [9.17, 15) is 26.4 Å². The van der Waals surface area contributed by atoms with E-state index in [1.54, 1.807) is 6.07 Å². The molecule has 220 valence electrons. The van der Waals surface area contributed by atoms with E-state index in [2.05, 4.69) is 5.10 Å². The Bertz CT molecular complexity index is 1290. The van der Waals surface area contributed by atoms with Gasteiger partial charge in [0.15, 0.2) is 0 Å². The Kier molecular flexibility index (Phi) is 10.9. The van der Waals surface area contributed by atoms with E-state index < -0.39 is 27.7 Å². The molecule has 0 amide bonds. The Morgan fingerprint density at radius 1 is 1.18 bits per heavy atom. The Labute approximate surface area is 236 Å². The van der Waals surface area contributed by atoms with Crippen LogP contribution < -0.4 is 14.9 Å². The second-order valence-electron chi connectivity index (χ2n) is 9.48. The Hall–Kier alpha value is -3.19. The first-order valence-electron chi connectivity index (χ1n) is 12.7. The van der Waals surface area contributed by atoms with Crippen molar-refractivity contribution in [3.63, 3.8) is 0 Å². The van der Waals surface area contributed by atoms with Gasteiger partial charge in [0, 0.05) is 32.1 Å². The van der Waals surface area contributed by atoms with Crippen LogP contribution in [0.2, 0.25) is 5.02 Å². The minimum absolute atomic E-state index is 0.0761. The largest absolute Gasteiger partial charge is 0.493 e. The molecule has 0 atom stereocenters. The number of hydrazone groups is 1. The summed E-state index contributed by atoms with van der Waals surface area (Å²) in [6.45, 7) is 1.32. The van der Waals surface area contributed by atoms with Gasteiger partial charge in [0.05, 0.1) is 22.9 Å². The van der Waals surface area contributed by atoms with E-state index in [0.29, 0.717) is 25.9 Å². The quantitative estimate of drug-likeness (QED) is 0.106. The molecular weight excluding hydrogens is 573 g/mol. The van der Waals surface area contributed by atoms with Gasteiger partial charge in [-0.2, -0.15) is 18.3 Å². The van der Waals surface area contributed by atoms with E-state index >= 15 is 0 Å². The molecule has 1 aliphatic rings. The lowest BCUT2D eigenvalue weighted by Crippen LogP contribution is -2.35. The molecule has 1 saturated heterocycles. The molecule has 40 heavy (non-hydrogen) atoms. The predicted octanol–water partition coefficient (Wildman–Crippen LogP) is 5.19. The number of hydrogen-bond acceptors (Lipinski definition) is 6. The van der Waals surface area contributed by atoms with Crippen LogP contribution in [0.15, 0.2) is 52.5 Å². The van der Waals surface area contributed by atoms with Crippen LogP contribution in [0.3, 0.4) is 0 Å². The van der Waals surface area contributed by atoms with Gasteiger partial charge in [0.25, 0.3) is 10.0 Å². The number of likely N-dealkylation sites (tertiary alicyclic amines) is 1. The fourth-order valence-corrected chi connectivity index (χ4v) is 6.37. The number of nitrogens with zero attached hydrogens (tertiary/aromatic N) is 3. The monoisotopic (exact) mass is 604 g/mol. The first-order chi connectivity index (χ1) is 18.9. The SMILES string of the molecule is NN=CN1CCC(COc2cc(N(CCCCCC(=O)O)S(=O)(=O)c3ccccc3Cl)cc(C(F)(F)F)c2)CC1. The van der Waals surface area contributed by atoms with Crippen molar-refractivity contribution >= 4 is 39.6 Å². The smallest absolute Gasteiger partial charge is 0.416 e. The highest BCUT2D eigenvalue weighted by Crippen LogP contribution is 2.38. The molecule has 0 spiro atoms. The average molecular weight is 605 g/mol. The lowest BCUT2D eigenvalue weighted by atomic mass is 9.98. The van der Waals surface area contributed by atoms with E-state index in [1.807, 2.05) is 4.90 Å². The number of rotatable bonds is 13. The number of carbonyl (C=O) groups is 1. The second-order valence-corrected chi connectivity index (χ2v) is 11.7. The zero-order valence-corrected chi connectivity index (χ0v) is 23.3. The maximum atomic E-state index is 13.9. The standard InChI is InChI=1S/C26H32ClF3N4O5S/c27-23-6-3-4-7-24(23)40(37,38)34(11-5-1-2-8-25(35)36)21-14-20(26(28,29)30)15-22(16-21)39-17-19-9-12-33(13-10-19)18-32-31/h3-4,6-7,14-16,18-19H,1-2,5,8-13,17,31H2,(H,35,36). The van der Waals surface area contributed by atoms with Crippen LogP contribution in [-0.2, 0) is 21.0 Å². The van der Waals surface area contributed by atoms with Crippen LogP contribution in [0.25, 0.3) is 0 Å². The number of aliphatic carboxylic acids is 1. The highest BCUT2D eigenvalue weighted by molar-refractivity contribution is 7.93. The van der Waals surface area contributed by atoms with Crippen LogP contribution in [0.5, 0.6) is 5.75 Å². The molecule has 0 radical (unpaired) electrons. The number of halogens is 4. The number of ether oxygens (including phenoxy) is 1. The van der Waals surface area contributed by atoms with Crippen molar-refractivity contribution < 1.29 is 36.2 Å². The number of unbranched alkanes of at least 4 members (excludes halogenated alkanes) is 2. The van der Waals surface area contributed by atoms with Gasteiger partial charge >= 0.3 is 12.1 Å². The van der Waals surface area contributed by atoms with Gasteiger partial charge < -0.3 is 20.6 Å². The molecule has 9 nitrogen and oxygen atoms in total. The third-order valence-corrected chi connectivity index (χ3v) is 8.86. The van der Waals surface area contributed by atoms with E-state index in [0.717, 1.165) is 29.3 Å². The summed E-state index contributed by atoms with van der Waals surface area (Å²) in [6, 6.07) is 8.57. The summed E-state index contributed by atoms with van der Waals surface area (Å²) in [5, 5.41) is 12.3. The lowest BCUT2D eigenvalue weighted by Gasteiger charge is -2.30. The number of alkyl halides is 3. The molecule has 2 aromatic carbocycles. The van der Waals surface area contributed by atoms with Gasteiger partial charge in [0.2, 0.25) is 0 Å². The van der Waals surface area contributed by atoms with Gasteiger partial charge in [-0.25, -0.2) is 8.42 Å². The predicted molar refractivity (Wildman–Crippen MR) is 146 cm³/mol. The van der Waals surface area contributed by atoms with E-state index in [1.165, 1.54) is 30.6 Å². The number of nitrogens with two attached hydrogens (primary N) is 1. The summed E-state index contributed by atoms with van der Waals surface area (Å²) < 4.78 is 75.8. The molecule has 0 aromatic heterocycles. The summed E-state index contributed by atoms with van der Waals surface area (Å²) in [7, 11) is -4.38. The normalized spacial score (nSPS) is 14.9. The maximum absolute atomic E-state index is 13.9. The third-order valence-electron chi connectivity index (χ3n) is 6.53. The minimum Gasteiger partial charge on any atom is -0.493 e. The number of anilines is 1. The molecule has 0 aliphatic carbocycles. The highest BCUT2D eigenvalue weighted by atomic mass is 35.5. The van der Waals surface area contributed by atoms with Crippen LogP contribution >= 0.6 is 11.6 Å². The number of hydrogen-bond donors (Lipinski definition) is 2. The van der Waals surface area contributed by atoms with Crippen molar-refractivity contribution in [1.82, 2.24) is 4.90 Å².